The summed E-state index contributed by atoms with van der Waals surface area (Å²) in [4.78, 5) is 16.3. The fourth-order valence-electron chi connectivity index (χ4n) is 1.86. The zero-order valence-electron chi connectivity index (χ0n) is 12.0. The highest BCUT2D eigenvalue weighted by atomic mass is 16.5. The number of hydrogen-bond acceptors (Lipinski definition) is 6. The van der Waals surface area contributed by atoms with Crippen molar-refractivity contribution in [2.24, 2.45) is 0 Å². The van der Waals surface area contributed by atoms with Gasteiger partial charge in [-0.05, 0) is 24.2 Å². The molecule has 0 bridgehead atoms. The number of rotatable bonds is 4. The molecule has 3 rings (SSSR count). The highest BCUT2D eigenvalue weighted by Gasteiger charge is 2.14. The van der Waals surface area contributed by atoms with E-state index >= 15 is 0 Å². The number of H-pyrrole nitrogens is 1. The molecule has 0 unspecified atom stereocenters. The van der Waals surface area contributed by atoms with Crippen LogP contribution in [0, 0.1) is 6.92 Å². The maximum absolute atomic E-state index is 12.1. The van der Waals surface area contributed by atoms with Crippen LogP contribution >= 0.6 is 0 Å². The fourth-order valence-corrected chi connectivity index (χ4v) is 1.86. The molecule has 0 aliphatic rings. The van der Waals surface area contributed by atoms with Crippen molar-refractivity contribution in [3.05, 3.63) is 41.9 Å². The Morgan fingerprint density at radius 3 is 2.91 bits per heavy atom. The van der Waals surface area contributed by atoms with Gasteiger partial charge in [-0.2, -0.15) is 5.10 Å². The van der Waals surface area contributed by atoms with Crippen LogP contribution in [-0.2, 0) is 0 Å². The first-order valence-electron chi connectivity index (χ1n) is 6.47. The second-order valence-corrected chi connectivity index (χ2v) is 4.51. The molecule has 8 heteroatoms. The lowest BCUT2D eigenvalue weighted by atomic mass is 10.2. The summed E-state index contributed by atoms with van der Waals surface area (Å²) in [6.07, 6.45) is 0. The number of nitrogens with zero attached hydrogens (tertiary/aromatic N) is 3. The Labute approximate surface area is 125 Å². The average Bonchev–Trinajstić information content (AvgIpc) is 3.16. The van der Waals surface area contributed by atoms with E-state index in [-0.39, 0.29) is 11.6 Å². The van der Waals surface area contributed by atoms with E-state index in [9.17, 15) is 4.79 Å². The summed E-state index contributed by atoms with van der Waals surface area (Å²) in [5.74, 6) is 1.18. The molecule has 0 atom stereocenters. The average molecular weight is 299 g/mol. The third-order valence-corrected chi connectivity index (χ3v) is 2.90. The van der Waals surface area contributed by atoms with Crippen molar-refractivity contribution in [2.45, 2.75) is 6.92 Å². The summed E-state index contributed by atoms with van der Waals surface area (Å²) in [5.41, 5.74) is 1.39. The van der Waals surface area contributed by atoms with Crippen molar-refractivity contribution < 1.29 is 14.1 Å². The number of hydrogen-bond donors (Lipinski definition) is 2. The van der Waals surface area contributed by atoms with Gasteiger partial charge in [0.15, 0.2) is 5.82 Å². The van der Waals surface area contributed by atoms with E-state index in [1.165, 1.54) is 13.2 Å². The molecule has 0 saturated heterocycles. The number of aromatic amines is 1. The molecule has 2 N–H and O–H groups in total. The summed E-state index contributed by atoms with van der Waals surface area (Å²) in [7, 11) is 1.45. The van der Waals surface area contributed by atoms with Crippen molar-refractivity contribution in [1.29, 1.82) is 0 Å². The van der Waals surface area contributed by atoms with Crippen LogP contribution in [0.2, 0.25) is 0 Å². The van der Waals surface area contributed by atoms with E-state index in [1.807, 2.05) is 13.0 Å². The zero-order chi connectivity index (χ0) is 15.5. The van der Waals surface area contributed by atoms with Gasteiger partial charge >= 0.3 is 0 Å². The SMILES string of the molecule is COc1cc(C(=O)Nc2cccc(-c3n[nH]c(C)n3)c2)on1. The molecule has 0 spiro atoms. The Hall–Kier alpha value is -3.16. The number of anilines is 1. The van der Waals surface area contributed by atoms with Gasteiger partial charge in [0.1, 0.15) is 5.82 Å². The smallest absolute Gasteiger partial charge is 0.294 e. The van der Waals surface area contributed by atoms with Crippen molar-refractivity contribution in [1.82, 2.24) is 20.3 Å². The first-order chi connectivity index (χ1) is 10.7. The molecule has 2 heterocycles. The Bertz CT molecular complexity index is 808. The van der Waals surface area contributed by atoms with Crippen LogP contribution in [0.25, 0.3) is 11.4 Å². The van der Waals surface area contributed by atoms with E-state index < -0.39 is 5.91 Å². The highest BCUT2D eigenvalue weighted by Crippen LogP contribution is 2.20. The van der Waals surface area contributed by atoms with E-state index in [4.69, 9.17) is 9.26 Å². The fraction of sp³-hybridized carbons (Fsp3) is 0.143. The molecule has 3 aromatic rings. The Balaban J connectivity index is 1.79. The number of benzene rings is 1. The number of carbonyl (C=O) groups excluding carboxylic acids is 1. The molecule has 0 fully saturated rings. The number of amides is 1. The molecule has 112 valence electrons. The normalized spacial score (nSPS) is 10.5. The van der Waals surface area contributed by atoms with Crippen LogP contribution in [0.5, 0.6) is 5.88 Å². The minimum Gasteiger partial charge on any atom is -0.479 e. The van der Waals surface area contributed by atoms with Gasteiger partial charge in [-0.3, -0.25) is 9.89 Å². The Kier molecular flexibility index (Phi) is 3.57. The van der Waals surface area contributed by atoms with Crippen LogP contribution in [0.4, 0.5) is 5.69 Å². The first-order valence-corrected chi connectivity index (χ1v) is 6.47. The van der Waals surface area contributed by atoms with Gasteiger partial charge in [0.05, 0.1) is 13.2 Å². The maximum Gasteiger partial charge on any atom is 0.294 e. The number of carbonyl (C=O) groups is 1. The van der Waals surface area contributed by atoms with Crippen molar-refractivity contribution in [3.8, 4) is 17.3 Å². The summed E-state index contributed by atoms with van der Waals surface area (Å²) >= 11 is 0. The van der Waals surface area contributed by atoms with E-state index in [0.717, 1.165) is 11.4 Å². The minimum atomic E-state index is -0.417. The van der Waals surface area contributed by atoms with E-state index in [1.54, 1.807) is 18.2 Å². The standard InChI is InChI=1S/C14H13N5O3/c1-8-15-13(18-17-8)9-4-3-5-10(6-9)16-14(20)11-7-12(21-2)19-22-11/h3-7H,1-2H3,(H,16,20)(H,15,17,18). The van der Waals surface area contributed by atoms with Crippen LogP contribution < -0.4 is 10.1 Å². The van der Waals surface area contributed by atoms with Gasteiger partial charge in [0.25, 0.3) is 11.8 Å². The van der Waals surface area contributed by atoms with E-state index in [0.29, 0.717) is 11.5 Å². The molecular weight excluding hydrogens is 286 g/mol. The lowest BCUT2D eigenvalue weighted by Crippen LogP contribution is -2.10. The monoisotopic (exact) mass is 299 g/mol. The number of nitrogens with one attached hydrogen (secondary N) is 2. The van der Waals surface area contributed by atoms with Crippen LogP contribution in [0.15, 0.2) is 34.9 Å². The number of ether oxygens (including phenoxy) is 1. The van der Waals surface area contributed by atoms with Crippen molar-refractivity contribution in [2.75, 3.05) is 12.4 Å². The highest BCUT2D eigenvalue weighted by molar-refractivity contribution is 6.02. The number of aromatic nitrogens is 4. The third kappa shape index (κ3) is 2.80. The van der Waals surface area contributed by atoms with Crippen LogP contribution in [0.1, 0.15) is 16.4 Å². The number of aryl methyl sites for hydroxylation is 1. The van der Waals surface area contributed by atoms with Crippen molar-refractivity contribution >= 4 is 11.6 Å². The van der Waals surface area contributed by atoms with Crippen molar-refractivity contribution in [3.63, 3.8) is 0 Å². The topological polar surface area (TPSA) is 106 Å². The second-order valence-electron chi connectivity index (χ2n) is 4.51. The lowest BCUT2D eigenvalue weighted by Gasteiger charge is -2.03. The molecule has 0 aliphatic carbocycles. The molecule has 1 amide bonds. The molecule has 22 heavy (non-hydrogen) atoms. The maximum atomic E-state index is 12.1. The summed E-state index contributed by atoms with van der Waals surface area (Å²) in [6.45, 7) is 1.82. The summed E-state index contributed by atoms with van der Waals surface area (Å²) in [6, 6.07) is 8.60. The molecule has 0 radical (unpaired) electrons. The van der Waals surface area contributed by atoms with Gasteiger partial charge in [-0.1, -0.05) is 12.1 Å². The van der Waals surface area contributed by atoms with Gasteiger partial charge in [-0.25, -0.2) is 4.98 Å². The van der Waals surface area contributed by atoms with Gasteiger partial charge in [0.2, 0.25) is 5.76 Å². The predicted octanol–water partition coefficient (Wildman–Crippen LogP) is 2.03. The molecule has 1 aromatic carbocycles. The summed E-state index contributed by atoms with van der Waals surface area (Å²) in [5, 5.41) is 13.2. The Morgan fingerprint density at radius 1 is 1.36 bits per heavy atom. The second kappa shape index (κ2) is 5.68. The molecule has 8 nitrogen and oxygen atoms in total. The minimum absolute atomic E-state index is 0.0657. The van der Waals surface area contributed by atoms with Gasteiger partial charge in [0, 0.05) is 11.3 Å². The third-order valence-electron chi connectivity index (χ3n) is 2.90. The largest absolute Gasteiger partial charge is 0.479 e. The molecule has 0 aliphatic heterocycles. The van der Waals surface area contributed by atoms with Crippen LogP contribution in [-0.4, -0.2) is 33.4 Å². The first kappa shape index (κ1) is 13.8. The quantitative estimate of drug-likeness (QED) is 0.763. The molecule has 2 aromatic heterocycles. The van der Waals surface area contributed by atoms with Gasteiger partial charge < -0.3 is 14.6 Å². The summed E-state index contributed by atoms with van der Waals surface area (Å²) < 4.78 is 9.76. The van der Waals surface area contributed by atoms with Gasteiger partial charge in [-0.15, -0.1) is 0 Å². The predicted molar refractivity (Wildman–Crippen MR) is 77.6 cm³/mol. The number of methoxy groups -OCH3 is 1. The lowest BCUT2D eigenvalue weighted by molar-refractivity contribution is 0.0987. The van der Waals surface area contributed by atoms with Crippen LogP contribution in [0.3, 0.4) is 0 Å². The molecule has 0 saturated carbocycles. The van der Waals surface area contributed by atoms with E-state index in [2.05, 4.69) is 25.7 Å². The molecular formula is C14H13N5O3. The zero-order valence-corrected chi connectivity index (χ0v) is 12.0. The Morgan fingerprint density at radius 2 is 2.23 bits per heavy atom.